The van der Waals surface area contributed by atoms with Crippen LogP contribution < -0.4 is 5.73 Å². The van der Waals surface area contributed by atoms with Crippen molar-refractivity contribution >= 4 is 22.8 Å². The summed E-state index contributed by atoms with van der Waals surface area (Å²) < 4.78 is 0. The summed E-state index contributed by atoms with van der Waals surface area (Å²) in [5.41, 5.74) is 11.6. The molecule has 23 heavy (non-hydrogen) atoms. The second-order valence-electron chi connectivity index (χ2n) is 5.31. The molecule has 0 aliphatic heterocycles. The molecule has 0 amide bonds. The van der Waals surface area contributed by atoms with Gasteiger partial charge in [-0.05, 0) is 42.7 Å². The first-order chi connectivity index (χ1) is 11.1. The van der Waals surface area contributed by atoms with Crippen LogP contribution in [0.1, 0.15) is 16.7 Å². The molecule has 0 atom stereocenters. The molecule has 0 unspecified atom stereocenters. The van der Waals surface area contributed by atoms with Gasteiger partial charge in [0.1, 0.15) is 17.7 Å². The number of pyridine rings is 1. The summed E-state index contributed by atoms with van der Waals surface area (Å²) in [5.74, 6) is 0.447. The average Bonchev–Trinajstić information content (AvgIpc) is 2.53. The number of aromatic nitrogens is 3. The highest BCUT2D eigenvalue weighted by Crippen LogP contribution is 2.32. The molecular formula is C18H15N5. The van der Waals surface area contributed by atoms with Gasteiger partial charge in [-0.2, -0.15) is 5.26 Å². The molecule has 5 heteroatoms. The topological polar surface area (TPSA) is 88.5 Å². The van der Waals surface area contributed by atoms with Crippen LogP contribution in [0.4, 0.5) is 5.82 Å². The van der Waals surface area contributed by atoms with Crippen molar-refractivity contribution in [2.45, 2.75) is 13.8 Å². The van der Waals surface area contributed by atoms with Gasteiger partial charge in [0.15, 0.2) is 0 Å². The molecule has 0 aliphatic rings. The summed E-state index contributed by atoms with van der Waals surface area (Å²) in [7, 11) is 0. The van der Waals surface area contributed by atoms with Crippen molar-refractivity contribution in [3.05, 3.63) is 53.5 Å². The number of aryl methyl sites for hydroxylation is 2. The van der Waals surface area contributed by atoms with E-state index in [9.17, 15) is 0 Å². The summed E-state index contributed by atoms with van der Waals surface area (Å²) in [6.07, 6.45) is 6.44. The zero-order chi connectivity index (χ0) is 16.4. The SMILES string of the molecule is Cc1cc(C=CC#N)cc(C)c1-c1nccc2c(N)ncnc12. The molecule has 5 nitrogen and oxygen atoms in total. The molecule has 0 saturated heterocycles. The third-order valence-electron chi connectivity index (χ3n) is 3.73. The highest BCUT2D eigenvalue weighted by atomic mass is 14.9. The van der Waals surface area contributed by atoms with Crippen LogP contribution in [0.15, 0.2) is 36.8 Å². The molecule has 0 saturated carbocycles. The molecule has 1 aromatic carbocycles. The largest absolute Gasteiger partial charge is 0.383 e. The van der Waals surface area contributed by atoms with Crippen molar-refractivity contribution in [2.24, 2.45) is 0 Å². The van der Waals surface area contributed by atoms with Crippen molar-refractivity contribution in [2.75, 3.05) is 5.73 Å². The minimum absolute atomic E-state index is 0.447. The third kappa shape index (κ3) is 2.62. The first-order valence-electron chi connectivity index (χ1n) is 7.15. The number of allylic oxidation sites excluding steroid dienone is 1. The number of nitrogens with zero attached hydrogens (tertiary/aromatic N) is 4. The van der Waals surface area contributed by atoms with Crippen LogP contribution in [0, 0.1) is 25.2 Å². The fraction of sp³-hybridized carbons (Fsp3) is 0.111. The lowest BCUT2D eigenvalue weighted by Crippen LogP contribution is -1.98. The van der Waals surface area contributed by atoms with Gasteiger partial charge in [-0.3, -0.25) is 4.98 Å². The van der Waals surface area contributed by atoms with E-state index in [0.717, 1.165) is 38.9 Å². The van der Waals surface area contributed by atoms with Crippen molar-refractivity contribution in [3.63, 3.8) is 0 Å². The van der Waals surface area contributed by atoms with Crippen LogP contribution in [0.3, 0.4) is 0 Å². The van der Waals surface area contributed by atoms with Crippen LogP contribution in [0.25, 0.3) is 28.2 Å². The summed E-state index contributed by atoms with van der Waals surface area (Å²) in [5, 5.41) is 9.47. The van der Waals surface area contributed by atoms with Crippen molar-refractivity contribution in [1.29, 1.82) is 5.26 Å². The first-order valence-corrected chi connectivity index (χ1v) is 7.15. The quantitative estimate of drug-likeness (QED) is 0.732. The predicted octanol–water partition coefficient (Wildman–Crippen LogP) is 3.43. The van der Waals surface area contributed by atoms with E-state index in [2.05, 4.69) is 15.0 Å². The Hall–Kier alpha value is -3.26. The molecule has 2 aromatic heterocycles. The third-order valence-corrected chi connectivity index (χ3v) is 3.73. The lowest BCUT2D eigenvalue weighted by molar-refractivity contribution is 1.20. The van der Waals surface area contributed by atoms with Gasteiger partial charge in [0, 0.05) is 23.2 Å². The molecule has 0 aliphatic carbocycles. The Morgan fingerprint density at radius 2 is 1.87 bits per heavy atom. The van der Waals surface area contributed by atoms with Crippen LogP contribution in [0.5, 0.6) is 0 Å². The molecule has 0 radical (unpaired) electrons. The zero-order valence-corrected chi connectivity index (χ0v) is 12.9. The van der Waals surface area contributed by atoms with Crippen LogP contribution in [-0.2, 0) is 0 Å². The van der Waals surface area contributed by atoms with E-state index in [4.69, 9.17) is 11.0 Å². The Bertz CT molecular complexity index is 944. The molecule has 2 N–H and O–H groups in total. The highest BCUT2D eigenvalue weighted by molar-refractivity contribution is 5.97. The maximum Gasteiger partial charge on any atom is 0.134 e. The van der Waals surface area contributed by atoms with Crippen molar-refractivity contribution < 1.29 is 0 Å². The molecule has 0 fully saturated rings. The van der Waals surface area contributed by atoms with Gasteiger partial charge >= 0.3 is 0 Å². The van der Waals surface area contributed by atoms with Gasteiger partial charge in [0.2, 0.25) is 0 Å². The van der Waals surface area contributed by atoms with Gasteiger partial charge in [-0.15, -0.1) is 0 Å². The minimum atomic E-state index is 0.447. The molecule has 3 aromatic rings. The van der Waals surface area contributed by atoms with Gasteiger partial charge in [-0.1, -0.05) is 12.1 Å². The predicted molar refractivity (Wildman–Crippen MR) is 91.3 cm³/mol. The smallest absolute Gasteiger partial charge is 0.134 e. The average molecular weight is 301 g/mol. The lowest BCUT2D eigenvalue weighted by Gasteiger charge is -2.13. The van der Waals surface area contributed by atoms with Gasteiger partial charge < -0.3 is 5.73 Å². The van der Waals surface area contributed by atoms with Gasteiger partial charge in [0.05, 0.1) is 11.8 Å². The van der Waals surface area contributed by atoms with Crippen molar-refractivity contribution in [1.82, 2.24) is 15.0 Å². The van der Waals surface area contributed by atoms with E-state index in [-0.39, 0.29) is 0 Å². The summed E-state index contributed by atoms with van der Waals surface area (Å²) in [6, 6.07) is 7.89. The molecular weight excluding hydrogens is 286 g/mol. The maximum absolute atomic E-state index is 8.67. The molecule has 3 rings (SSSR count). The monoisotopic (exact) mass is 301 g/mol. The Labute approximate surface area is 134 Å². The second kappa shape index (κ2) is 5.85. The highest BCUT2D eigenvalue weighted by Gasteiger charge is 2.14. The van der Waals surface area contributed by atoms with Gasteiger partial charge in [0.25, 0.3) is 0 Å². The number of benzene rings is 1. The molecule has 0 bridgehead atoms. The summed E-state index contributed by atoms with van der Waals surface area (Å²) in [6.45, 7) is 4.05. The van der Waals surface area contributed by atoms with Crippen molar-refractivity contribution in [3.8, 4) is 17.3 Å². The number of anilines is 1. The minimum Gasteiger partial charge on any atom is -0.383 e. The number of hydrogen-bond donors (Lipinski definition) is 1. The Morgan fingerprint density at radius 3 is 2.57 bits per heavy atom. The number of nitriles is 1. The number of nitrogens with two attached hydrogens (primary N) is 1. The number of rotatable bonds is 2. The van der Waals surface area contributed by atoms with Crippen LogP contribution in [0.2, 0.25) is 0 Å². The van der Waals surface area contributed by atoms with Crippen LogP contribution in [-0.4, -0.2) is 15.0 Å². The molecule has 112 valence electrons. The fourth-order valence-corrected chi connectivity index (χ4v) is 2.79. The zero-order valence-electron chi connectivity index (χ0n) is 12.9. The Kier molecular flexibility index (Phi) is 3.73. The first kappa shape index (κ1) is 14.7. The van der Waals surface area contributed by atoms with E-state index in [1.54, 1.807) is 12.3 Å². The van der Waals surface area contributed by atoms with Gasteiger partial charge in [-0.25, -0.2) is 9.97 Å². The molecule has 0 spiro atoms. The van der Waals surface area contributed by atoms with E-state index in [1.807, 2.05) is 38.1 Å². The maximum atomic E-state index is 8.67. The van der Waals surface area contributed by atoms with E-state index < -0.39 is 0 Å². The van der Waals surface area contributed by atoms with Crippen LogP contribution >= 0.6 is 0 Å². The fourth-order valence-electron chi connectivity index (χ4n) is 2.79. The summed E-state index contributed by atoms with van der Waals surface area (Å²) in [4.78, 5) is 12.9. The van der Waals surface area contributed by atoms with E-state index in [0.29, 0.717) is 5.82 Å². The Balaban J connectivity index is 2.26. The number of nitrogen functional groups attached to an aromatic ring is 1. The lowest BCUT2D eigenvalue weighted by atomic mass is 9.95. The summed E-state index contributed by atoms with van der Waals surface area (Å²) >= 11 is 0. The van der Waals surface area contributed by atoms with E-state index >= 15 is 0 Å². The molecule has 2 heterocycles. The van der Waals surface area contributed by atoms with E-state index in [1.165, 1.54) is 12.4 Å². The Morgan fingerprint density at radius 1 is 1.13 bits per heavy atom. The second-order valence-corrected chi connectivity index (χ2v) is 5.31. The number of fused-ring (bicyclic) bond motifs is 1. The standard InChI is InChI=1S/C18H15N5/c1-11-8-13(4-3-6-19)9-12(2)15(11)17-16-14(5-7-21-17)18(20)23-10-22-16/h3-5,7-10H,1-2H3,(H2,20,22,23). The number of hydrogen-bond acceptors (Lipinski definition) is 5. The normalized spacial score (nSPS) is 11.0.